The lowest BCUT2D eigenvalue weighted by Gasteiger charge is -2.23. The molecule has 0 bridgehead atoms. The van der Waals surface area contributed by atoms with Gasteiger partial charge in [-0.15, -0.1) is 0 Å². The summed E-state index contributed by atoms with van der Waals surface area (Å²) in [5.41, 5.74) is 0. The quantitative estimate of drug-likeness (QED) is 0.874. The molecule has 2 rings (SSSR count). The van der Waals surface area contributed by atoms with Crippen LogP contribution in [0.25, 0.3) is 0 Å². The molecule has 0 spiro atoms. The number of hydrogen-bond acceptors (Lipinski definition) is 4. The predicted molar refractivity (Wildman–Crippen MR) is 72.5 cm³/mol. The zero-order valence-corrected chi connectivity index (χ0v) is 10.8. The first-order chi connectivity index (χ1) is 7.75. The standard InChI is InChI=1S/C12H19N3S/c1-15(2)12-5-3-4-11(14-12)13-10-6-8-16-9-7-10/h3-5,10H,6-9H2,1-2H3,(H,13,14). The van der Waals surface area contributed by atoms with Crippen molar-refractivity contribution in [1.82, 2.24) is 4.98 Å². The first kappa shape index (κ1) is 11.6. The van der Waals surface area contributed by atoms with Crippen LogP contribution in [0, 0.1) is 0 Å². The highest BCUT2D eigenvalue weighted by atomic mass is 32.2. The fourth-order valence-electron chi connectivity index (χ4n) is 1.80. The summed E-state index contributed by atoms with van der Waals surface area (Å²) in [5.74, 6) is 4.55. The molecule has 0 atom stereocenters. The van der Waals surface area contributed by atoms with Gasteiger partial charge in [0.2, 0.25) is 0 Å². The van der Waals surface area contributed by atoms with Crippen molar-refractivity contribution < 1.29 is 0 Å². The third-order valence-corrected chi connectivity index (χ3v) is 3.81. The molecular weight excluding hydrogens is 218 g/mol. The van der Waals surface area contributed by atoms with Crippen molar-refractivity contribution in [1.29, 1.82) is 0 Å². The van der Waals surface area contributed by atoms with Gasteiger partial charge in [0, 0.05) is 20.1 Å². The van der Waals surface area contributed by atoms with Gasteiger partial charge in [0.1, 0.15) is 11.6 Å². The van der Waals surface area contributed by atoms with Crippen molar-refractivity contribution in [3.8, 4) is 0 Å². The maximum atomic E-state index is 4.57. The summed E-state index contributed by atoms with van der Waals surface area (Å²) in [5, 5.41) is 3.52. The van der Waals surface area contributed by atoms with Crippen LogP contribution in [0.1, 0.15) is 12.8 Å². The largest absolute Gasteiger partial charge is 0.367 e. The molecule has 0 aliphatic carbocycles. The fraction of sp³-hybridized carbons (Fsp3) is 0.583. The molecule has 0 unspecified atom stereocenters. The molecule has 1 aromatic heterocycles. The zero-order valence-electron chi connectivity index (χ0n) is 9.94. The molecule has 0 saturated carbocycles. The second kappa shape index (κ2) is 5.43. The number of nitrogens with one attached hydrogen (secondary N) is 1. The van der Waals surface area contributed by atoms with Gasteiger partial charge in [0.05, 0.1) is 0 Å². The van der Waals surface area contributed by atoms with Gasteiger partial charge in [-0.2, -0.15) is 11.8 Å². The summed E-state index contributed by atoms with van der Waals surface area (Å²) in [4.78, 5) is 6.60. The van der Waals surface area contributed by atoms with E-state index in [-0.39, 0.29) is 0 Å². The smallest absolute Gasteiger partial charge is 0.130 e. The average Bonchev–Trinajstić information content (AvgIpc) is 2.30. The van der Waals surface area contributed by atoms with E-state index >= 15 is 0 Å². The van der Waals surface area contributed by atoms with Crippen molar-refractivity contribution in [2.24, 2.45) is 0 Å². The maximum Gasteiger partial charge on any atom is 0.130 e. The molecular formula is C12H19N3S. The molecule has 2 heterocycles. The summed E-state index contributed by atoms with van der Waals surface area (Å²) in [7, 11) is 4.03. The van der Waals surface area contributed by atoms with Crippen molar-refractivity contribution in [2.45, 2.75) is 18.9 Å². The van der Waals surface area contributed by atoms with Gasteiger partial charge in [-0.25, -0.2) is 4.98 Å². The van der Waals surface area contributed by atoms with Crippen molar-refractivity contribution in [3.63, 3.8) is 0 Å². The SMILES string of the molecule is CN(C)c1cccc(NC2CCSCC2)n1. The van der Waals surface area contributed by atoms with Crippen LogP contribution >= 0.6 is 11.8 Å². The number of pyridine rings is 1. The number of nitrogens with zero attached hydrogens (tertiary/aromatic N) is 2. The van der Waals surface area contributed by atoms with Crippen LogP contribution in [0.2, 0.25) is 0 Å². The molecule has 1 N–H and O–H groups in total. The Labute approximate surface area is 102 Å². The van der Waals surface area contributed by atoms with E-state index in [0.717, 1.165) is 11.6 Å². The van der Waals surface area contributed by atoms with Gasteiger partial charge in [-0.3, -0.25) is 0 Å². The number of anilines is 2. The van der Waals surface area contributed by atoms with Crippen LogP contribution in [-0.2, 0) is 0 Å². The van der Waals surface area contributed by atoms with Gasteiger partial charge < -0.3 is 10.2 Å². The van der Waals surface area contributed by atoms with E-state index in [1.54, 1.807) is 0 Å². The van der Waals surface area contributed by atoms with Crippen LogP contribution in [0.5, 0.6) is 0 Å². The second-order valence-corrected chi connectivity index (χ2v) is 5.53. The van der Waals surface area contributed by atoms with Crippen molar-refractivity contribution >= 4 is 23.4 Å². The first-order valence-electron chi connectivity index (χ1n) is 5.74. The Morgan fingerprint density at radius 3 is 2.75 bits per heavy atom. The molecule has 4 heteroatoms. The normalized spacial score (nSPS) is 17.1. The topological polar surface area (TPSA) is 28.2 Å². The minimum atomic E-state index is 0.603. The number of hydrogen-bond donors (Lipinski definition) is 1. The van der Waals surface area contributed by atoms with Crippen LogP contribution in [-0.4, -0.2) is 36.6 Å². The highest BCUT2D eigenvalue weighted by Crippen LogP contribution is 2.21. The van der Waals surface area contributed by atoms with Gasteiger partial charge in [0.15, 0.2) is 0 Å². The molecule has 1 fully saturated rings. The third kappa shape index (κ3) is 3.04. The van der Waals surface area contributed by atoms with E-state index in [9.17, 15) is 0 Å². The van der Waals surface area contributed by atoms with Gasteiger partial charge in [-0.05, 0) is 36.5 Å². The average molecular weight is 237 g/mol. The molecule has 0 aromatic carbocycles. The summed E-state index contributed by atoms with van der Waals surface area (Å²) in [6.45, 7) is 0. The lowest BCUT2D eigenvalue weighted by molar-refractivity contribution is 0.664. The summed E-state index contributed by atoms with van der Waals surface area (Å²) < 4.78 is 0. The zero-order chi connectivity index (χ0) is 11.4. The summed E-state index contributed by atoms with van der Waals surface area (Å²) in [6, 6.07) is 6.74. The third-order valence-electron chi connectivity index (χ3n) is 2.77. The Morgan fingerprint density at radius 2 is 2.06 bits per heavy atom. The highest BCUT2D eigenvalue weighted by molar-refractivity contribution is 7.99. The van der Waals surface area contributed by atoms with Crippen molar-refractivity contribution in [2.75, 3.05) is 35.8 Å². The monoisotopic (exact) mass is 237 g/mol. The summed E-state index contributed by atoms with van der Waals surface area (Å²) >= 11 is 2.05. The second-order valence-electron chi connectivity index (χ2n) is 4.31. The Bertz CT molecular complexity index is 335. The Balaban J connectivity index is 2.00. The van der Waals surface area contributed by atoms with Crippen molar-refractivity contribution in [3.05, 3.63) is 18.2 Å². The minimum absolute atomic E-state index is 0.603. The van der Waals surface area contributed by atoms with Crippen LogP contribution in [0.15, 0.2) is 18.2 Å². The molecule has 1 saturated heterocycles. The summed E-state index contributed by atoms with van der Waals surface area (Å²) in [6.07, 6.45) is 2.50. The minimum Gasteiger partial charge on any atom is -0.367 e. The van der Waals surface area contributed by atoms with Crippen LogP contribution in [0.3, 0.4) is 0 Å². The number of aromatic nitrogens is 1. The fourth-order valence-corrected chi connectivity index (χ4v) is 2.91. The Kier molecular flexibility index (Phi) is 3.93. The first-order valence-corrected chi connectivity index (χ1v) is 6.90. The Morgan fingerprint density at radius 1 is 1.31 bits per heavy atom. The molecule has 88 valence electrons. The van der Waals surface area contributed by atoms with E-state index in [4.69, 9.17) is 0 Å². The lowest BCUT2D eigenvalue weighted by atomic mass is 10.1. The maximum absolute atomic E-state index is 4.57. The number of rotatable bonds is 3. The molecule has 1 aromatic rings. The molecule has 1 aliphatic heterocycles. The van der Waals surface area contributed by atoms with Crippen LogP contribution < -0.4 is 10.2 Å². The lowest BCUT2D eigenvalue weighted by Crippen LogP contribution is -2.25. The van der Waals surface area contributed by atoms with E-state index in [1.807, 2.05) is 36.8 Å². The molecule has 0 radical (unpaired) electrons. The van der Waals surface area contributed by atoms with Gasteiger partial charge >= 0.3 is 0 Å². The van der Waals surface area contributed by atoms with Crippen LogP contribution in [0.4, 0.5) is 11.6 Å². The van der Waals surface area contributed by atoms with E-state index in [0.29, 0.717) is 6.04 Å². The number of thioether (sulfide) groups is 1. The van der Waals surface area contributed by atoms with E-state index in [2.05, 4.69) is 22.4 Å². The molecule has 1 aliphatic rings. The molecule has 0 amide bonds. The highest BCUT2D eigenvalue weighted by Gasteiger charge is 2.13. The van der Waals surface area contributed by atoms with Gasteiger partial charge in [-0.1, -0.05) is 6.07 Å². The predicted octanol–water partition coefficient (Wildman–Crippen LogP) is 2.46. The van der Waals surface area contributed by atoms with Gasteiger partial charge in [0.25, 0.3) is 0 Å². The van der Waals surface area contributed by atoms with E-state index < -0.39 is 0 Å². The Hall–Kier alpha value is -0.900. The molecule has 16 heavy (non-hydrogen) atoms. The van der Waals surface area contributed by atoms with E-state index in [1.165, 1.54) is 24.3 Å². The molecule has 3 nitrogen and oxygen atoms in total.